The molecule has 1 unspecified atom stereocenters. The van der Waals surface area contributed by atoms with Gasteiger partial charge >= 0.3 is 0 Å². The lowest BCUT2D eigenvalue weighted by Crippen LogP contribution is -2.03. The molecule has 0 aliphatic heterocycles. The number of hydrogen-bond donors (Lipinski definition) is 2. The van der Waals surface area contributed by atoms with E-state index in [1.807, 2.05) is 26.0 Å². The van der Waals surface area contributed by atoms with E-state index < -0.39 is 11.3 Å². The number of benzene rings is 1. The van der Waals surface area contributed by atoms with Crippen LogP contribution in [-0.4, -0.2) is 8.76 Å². The lowest BCUT2D eigenvalue weighted by Gasteiger charge is -2.05. The van der Waals surface area contributed by atoms with Crippen LogP contribution in [0.2, 0.25) is 0 Å². The molecule has 0 amide bonds. The van der Waals surface area contributed by atoms with Crippen LogP contribution in [0.4, 0.5) is 5.69 Å². The second-order valence-electron chi connectivity index (χ2n) is 2.67. The predicted molar refractivity (Wildman–Crippen MR) is 50.3 cm³/mol. The summed E-state index contributed by atoms with van der Waals surface area (Å²) >= 11 is -1.98. The van der Waals surface area contributed by atoms with E-state index in [0.717, 1.165) is 11.1 Å². The molecule has 0 saturated carbocycles. The Bertz CT molecular complexity index is 312. The molecule has 0 aromatic heterocycles. The minimum atomic E-state index is -1.98. The molecule has 1 rings (SSSR count). The van der Waals surface area contributed by atoms with Crippen molar-refractivity contribution in [1.82, 2.24) is 0 Å². The molecule has 0 radical (unpaired) electrons. The second-order valence-corrected chi connectivity index (χ2v) is 3.37. The predicted octanol–water partition coefficient (Wildman–Crippen LogP) is 1.85. The number of nitrogens with one attached hydrogen (secondary N) is 1. The fourth-order valence-corrected chi connectivity index (χ4v) is 1.44. The van der Waals surface area contributed by atoms with Crippen molar-refractivity contribution < 1.29 is 8.76 Å². The first-order valence-electron chi connectivity index (χ1n) is 3.54. The standard InChI is InChI=1S/C8H11NO2S/c1-6-3-4-8(7(2)5-6)9-12(10)11/h3-5,9H,1-2H3,(H,10,11). The minimum absolute atomic E-state index is 0.696. The lowest BCUT2D eigenvalue weighted by atomic mass is 10.1. The molecule has 0 aliphatic carbocycles. The molecule has 0 bridgehead atoms. The first-order chi connectivity index (χ1) is 5.59. The van der Waals surface area contributed by atoms with Gasteiger partial charge in [0.05, 0.1) is 5.69 Å². The van der Waals surface area contributed by atoms with E-state index in [1.54, 1.807) is 6.07 Å². The molecule has 1 atom stereocenters. The molecular formula is C8H11NO2S. The van der Waals surface area contributed by atoms with Crippen LogP contribution < -0.4 is 4.72 Å². The molecule has 0 aliphatic rings. The van der Waals surface area contributed by atoms with Crippen molar-refractivity contribution in [2.24, 2.45) is 0 Å². The summed E-state index contributed by atoms with van der Waals surface area (Å²) in [6.07, 6.45) is 0. The van der Waals surface area contributed by atoms with Gasteiger partial charge in [0, 0.05) is 0 Å². The van der Waals surface area contributed by atoms with Gasteiger partial charge in [-0.3, -0.25) is 9.27 Å². The zero-order chi connectivity index (χ0) is 9.14. The van der Waals surface area contributed by atoms with Crippen LogP contribution in [0.25, 0.3) is 0 Å². The van der Waals surface area contributed by atoms with Crippen LogP contribution in [0.5, 0.6) is 0 Å². The van der Waals surface area contributed by atoms with E-state index >= 15 is 0 Å². The quantitative estimate of drug-likeness (QED) is 0.691. The van der Waals surface area contributed by atoms with Crippen molar-refractivity contribution in [2.45, 2.75) is 13.8 Å². The normalized spacial score (nSPS) is 12.6. The zero-order valence-corrected chi connectivity index (χ0v) is 7.81. The summed E-state index contributed by atoms with van der Waals surface area (Å²) in [6.45, 7) is 3.87. The summed E-state index contributed by atoms with van der Waals surface area (Å²) in [5.41, 5.74) is 2.81. The van der Waals surface area contributed by atoms with Crippen molar-refractivity contribution in [2.75, 3.05) is 4.72 Å². The Morgan fingerprint density at radius 3 is 2.58 bits per heavy atom. The lowest BCUT2D eigenvalue weighted by molar-refractivity contribution is 0.570. The minimum Gasteiger partial charge on any atom is -0.289 e. The van der Waals surface area contributed by atoms with E-state index in [1.165, 1.54) is 0 Å². The van der Waals surface area contributed by atoms with Crippen molar-refractivity contribution in [1.29, 1.82) is 0 Å². The highest BCUT2D eigenvalue weighted by atomic mass is 32.2. The summed E-state index contributed by atoms with van der Waals surface area (Å²) in [6, 6.07) is 5.64. The number of hydrogen-bond acceptors (Lipinski definition) is 1. The number of anilines is 1. The smallest absolute Gasteiger partial charge is 0.259 e. The highest BCUT2D eigenvalue weighted by Crippen LogP contribution is 2.15. The summed E-state index contributed by atoms with van der Waals surface area (Å²) in [7, 11) is 0. The fourth-order valence-electron chi connectivity index (χ4n) is 1.02. The number of aryl methyl sites for hydroxylation is 2. The van der Waals surface area contributed by atoms with Gasteiger partial charge in [0.25, 0.3) is 11.3 Å². The topological polar surface area (TPSA) is 49.3 Å². The molecule has 66 valence electrons. The van der Waals surface area contributed by atoms with Crippen LogP contribution in [0.3, 0.4) is 0 Å². The summed E-state index contributed by atoms with van der Waals surface area (Å²) < 4.78 is 21.4. The molecule has 0 spiro atoms. The van der Waals surface area contributed by atoms with E-state index in [9.17, 15) is 4.21 Å². The largest absolute Gasteiger partial charge is 0.289 e. The van der Waals surface area contributed by atoms with Gasteiger partial charge in [0.2, 0.25) is 0 Å². The molecule has 0 fully saturated rings. The first kappa shape index (κ1) is 9.22. The van der Waals surface area contributed by atoms with E-state index in [4.69, 9.17) is 4.55 Å². The molecule has 4 heteroatoms. The molecule has 0 saturated heterocycles. The maximum atomic E-state index is 10.4. The Hall–Kier alpha value is -0.870. The average molecular weight is 185 g/mol. The van der Waals surface area contributed by atoms with Crippen LogP contribution in [0, 0.1) is 13.8 Å². The maximum absolute atomic E-state index is 10.4. The second kappa shape index (κ2) is 3.69. The molecule has 1 aromatic carbocycles. The molecular weight excluding hydrogens is 174 g/mol. The van der Waals surface area contributed by atoms with E-state index in [2.05, 4.69) is 4.72 Å². The van der Waals surface area contributed by atoms with Crippen molar-refractivity contribution in [3.63, 3.8) is 0 Å². The molecule has 1 aromatic rings. The SMILES string of the molecule is Cc1ccc(NS(=O)O)c(C)c1. The van der Waals surface area contributed by atoms with Crippen LogP contribution in [-0.2, 0) is 11.3 Å². The Balaban J connectivity index is 2.93. The van der Waals surface area contributed by atoms with Crippen LogP contribution in [0.1, 0.15) is 11.1 Å². The Morgan fingerprint density at radius 1 is 1.42 bits per heavy atom. The first-order valence-corrected chi connectivity index (χ1v) is 4.65. The Morgan fingerprint density at radius 2 is 2.08 bits per heavy atom. The van der Waals surface area contributed by atoms with Crippen LogP contribution in [0.15, 0.2) is 18.2 Å². The van der Waals surface area contributed by atoms with Crippen molar-refractivity contribution >= 4 is 17.0 Å². The highest BCUT2D eigenvalue weighted by molar-refractivity contribution is 7.80. The van der Waals surface area contributed by atoms with Gasteiger partial charge in [-0.05, 0) is 25.5 Å². The van der Waals surface area contributed by atoms with Gasteiger partial charge in [-0.25, -0.2) is 4.21 Å². The van der Waals surface area contributed by atoms with Gasteiger partial charge in [0.15, 0.2) is 0 Å². The summed E-state index contributed by atoms with van der Waals surface area (Å²) in [4.78, 5) is 0. The third kappa shape index (κ3) is 2.32. The highest BCUT2D eigenvalue weighted by Gasteiger charge is 1.99. The van der Waals surface area contributed by atoms with Gasteiger partial charge in [-0.15, -0.1) is 0 Å². The molecule has 3 nitrogen and oxygen atoms in total. The maximum Gasteiger partial charge on any atom is 0.259 e. The molecule has 12 heavy (non-hydrogen) atoms. The summed E-state index contributed by atoms with van der Waals surface area (Å²) in [5.74, 6) is 0. The number of rotatable bonds is 2. The monoisotopic (exact) mass is 185 g/mol. The van der Waals surface area contributed by atoms with Gasteiger partial charge in [-0.1, -0.05) is 17.7 Å². The van der Waals surface area contributed by atoms with Crippen LogP contribution >= 0.6 is 0 Å². The van der Waals surface area contributed by atoms with E-state index in [0.29, 0.717) is 5.69 Å². The molecule has 0 heterocycles. The zero-order valence-electron chi connectivity index (χ0n) is 7.00. The van der Waals surface area contributed by atoms with Gasteiger partial charge < -0.3 is 0 Å². The average Bonchev–Trinajstić information content (AvgIpc) is 1.94. The summed E-state index contributed by atoms with van der Waals surface area (Å²) in [5, 5.41) is 0. The van der Waals surface area contributed by atoms with Gasteiger partial charge in [0.1, 0.15) is 0 Å². The molecule has 2 N–H and O–H groups in total. The Labute approximate surface area is 74.2 Å². The van der Waals surface area contributed by atoms with E-state index in [-0.39, 0.29) is 0 Å². The fraction of sp³-hybridized carbons (Fsp3) is 0.250. The Kier molecular flexibility index (Phi) is 2.83. The van der Waals surface area contributed by atoms with Crippen molar-refractivity contribution in [3.8, 4) is 0 Å². The van der Waals surface area contributed by atoms with Crippen molar-refractivity contribution in [3.05, 3.63) is 29.3 Å². The third-order valence-electron chi connectivity index (χ3n) is 1.58. The van der Waals surface area contributed by atoms with Gasteiger partial charge in [-0.2, -0.15) is 0 Å². The third-order valence-corrected chi connectivity index (χ3v) is 1.97.